The molecule has 3 nitrogen and oxygen atoms in total. The van der Waals surface area contributed by atoms with Crippen LogP contribution in [0.2, 0.25) is 0 Å². The topological polar surface area (TPSA) is 45.1 Å². The third kappa shape index (κ3) is 3.79. The summed E-state index contributed by atoms with van der Waals surface area (Å²) >= 11 is 0. The highest BCUT2D eigenvalue weighted by Crippen LogP contribution is 2.14. The van der Waals surface area contributed by atoms with Crippen LogP contribution in [0.5, 0.6) is 0 Å². The Morgan fingerprint density at radius 3 is 2.69 bits per heavy atom. The number of aliphatic hydroxyl groups is 1. The minimum atomic E-state index is -3.16. The van der Waals surface area contributed by atoms with Gasteiger partial charge in [0, 0.05) is 6.04 Å². The Labute approximate surface area is 91.3 Å². The Morgan fingerprint density at radius 1 is 1.50 bits per heavy atom. The van der Waals surface area contributed by atoms with Crippen molar-refractivity contribution in [3.8, 4) is 0 Å². The van der Waals surface area contributed by atoms with Gasteiger partial charge in [-0.25, -0.2) is 13.2 Å². The number of nitrogens with zero attached hydrogens (tertiary/aromatic N) is 1. The summed E-state index contributed by atoms with van der Waals surface area (Å²) in [6, 6.07) is 2.20. The normalized spacial score (nSPS) is 13.8. The average Bonchev–Trinajstić information content (AvgIpc) is 2.27. The van der Waals surface area contributed by atoms with Crippen molar-refractivity contribution < 1.29 is 18.3 Å². The van der Waals surface area contributed by atoms with E-state index < -0.39 is 30.9 Å². The van der Waals surface area contributed by atoms with Crippen LogP contribution in [0.15, 0.2) is 18.3 Å². The Bertz CT molecular complexity index is 329. The third-order valence-electron chi connectivity index (χ3n) is 2.09. The Hall–Kier alpha value is -1.14. The molecule has 0 aliphatic rings. The van der Waals surface area contributed by atoms with Crippen LogP contribution in [-0.4, -0.2) is 29.2 Å². The van der Waals surface area contributed by atoms with Gasteiger partial charge in [-0.2, -0.15) is 0 Å². The predicted octanol–water partition coefficient (Wildman–Crippen LogP) is 1.50. The van der Waals surface area contributed by atoms with Crippen molar-refractivity contribution in [1.82, 2.24) is 10.3 Å². The summed E-state index contributed by atoms with van der Waals surface area (Å²) in [4.78, 5) is 3.76. The van der Waals surface area contributed by atoms with E-state index in [1.165, 1.54) is 12.1 Å². The van der Waals surface area contributed by atoms with E-state index in [-0.39, 0.29) is 0 Å². The molecular weight excluding hydrogens is 221 g/mol. The van der Waals surface area contributed by atoms with Gasteiger partial charge in [0.2, 0.25) is 0 Å². The summed E-state index contributed by atoms with van der Waals surface area (Å²) < 4.78 is 37.9. The second-order valence-electron chi connectivity index (χ2n) is 3.52. The van der Waals surface area contributed by atoms with E-state index in [0.29, 0.717) is 5.69 Å². The molecule has 0 amide bonds. The molecule has 1 rings (SSSR count). The zero-order valence-electron chi connectivity index (χ0n) is 8.75. The lowest BCUT2D eigenvalue weighted by Crippen LogP contribution is -2.37. The number of rotatable bonds is 5. The van der Waals surface area contributed by atoms with Gasteiger partial charge in [-0.15, -0.1) is 0 Å². The first-order valence-corrected chi connectivity index (χ1v) is 4.78. The van der Waals surface area contributed by atoms with Gasteiger partial charge in [0.15, 0.2) is 0 Å². The first kappa shape index (κ1) is 12.9. The fourth-order valence-corrected chi connectivity index (χ4v) is 1.11. The van der Waals surface area contributed by atoms with Gasteiger partial charge in [0.1, 0.15) is 12.4 Å². The molecule has 1 aromatic rings. The number of aliphatic hydroxyl groups excluding tert-OH is 1. The summed E-state index contributed by atoms with van der Waals surface area (Å²) in [5.74, 6) is -3.63. The van der Waals surface area contributed by atoms with Gasteiger partial charge in [-0.05, 0) is 19.1 Å². The first-order valence-electron chi connectivity index (χ1n) is 4.78. The molecule has 0 aromatic carbocycles. The maximum atomic E-state index is 12.7. The van der Waals surface area contributed by atoms with E-state index in [1.807, 2.05) is 0 Å². The highest BCUT2D eigenvalue weighted by molar-refractivity contribution is 5.09. The fourth-order valence-electron chi connectivity index (χ4n) is 1.11. The first-order chi connectivity index (χ1) is 7.44. The lowest BCUT2D eigenvalue weighted by Gasteiger charge is -2.18. The number of pyridine rings is 1. The second kappa shape index (κ2) is 5.27. The van der Waals surface area contributed by atoms with Crippen molar-refractivity contribution in [2.45, 2.75) is 18.9 Å². The number of hydrogen-bond donors (Lipinski definition) is 2. The molecule has 2 N–H and O–H groups in total. The summed E-state index contributed by atoms with van der Waals surface area (Å²) in [6.07, 6.45) is 1.03. The number of aromatic nitrogens is 1. The molecule has 1 heterocycles. The summed E-state index contributed by atoms with van der Waals surface area (Å²) in [5.41, 5.74) is 0.468. The van der Waals surface area contributed by atoms with Gasteiger partial charge in [0.05, 0.1) is 18.4 Å². The molecule has 1 unspecified atom stereocenters. The Morgan fingerprint density at radius 2 is 2.19 bits per heavy atom. The maximum Gasteiger partial charge on any atom is 0.282 e. The van der Waals surface area contributed by atoms with E-state index in [2.05, 4.69) is 10.3 Å². The summed E-state index contributed by atoms with van der Waals surface area (Å²) in [5, 5.41) is 10.9. The number of halogens is 3. The van der Waals surface area contributed by atoms with Crippen LogP contribution in [0.3, 0.4) is 0 Å². The van der Waals surface area contributed by atoms with Gasteiger partial charge < -0.3 is 10.4 Å². The molecule has 0 aliphatic carbocycles. The number of hydrogen-bond acceptors (Lipinski definition) is 3. The molecule has 16 heavy (non-hydrogen) atoms. The van der Waals surface area contributed by atoms with Crippen molar-refractivity contribution in [2.24, 2.45) is 0 Å². The zero-order valence-corrected chi connectivity index (χ0v) is 8.75. The largest absolute Gasteiger partial charge is 0.390 e. The minimum absolute atomic E-state index is 0.432. The zero-order chi connectivity index (χ0) is 12.2. The molecule has 0 saturated heterocycles. The fraction of sp³-hybridized carbons (Fsp3) is 0.500. The molecule has 1 aromatic heterocycles. The van der Waals surface area contributed by atoms with Gasteiger partial charge in [-0.1, -0.05) is 0 Å². The van der Waals surface area contributed by atoms with Crippen LogP contribution in [0, 0.1) is 5.82 Å². The standard InChI is InChI=1S/C10H13F3N2O/c1-7(15-5-10(12,13)6-16)9-3-2-8(11)4-14-9/h2-4,7,15-16H,5-6H2,1H3. The quantitative estimate of drug-likeness (QED) is 0.811. The molecule has 0 fully saturated rings. The SMILES string of the molecule is CC(NCC(F)(F)CO)c1ccc(F)cn1. The van der Waals surface area contributed by atoms with E-state index >= 15 is 0 Å². The predicted molar refractivity (Wildman–Crippen MR) is 52.6 cm³/mol. The van der Waals surface area contributed by atoms with E-state index in [9.17, 15) is 13.2 Å². The van der Waals surface area contributed by atoms with E-state index in [1.54, 1.807) is 6.92 Å². The van der Waals surface area contributed by atoms with Crippen molar-refractivity contribution in [1.29, 1.82) is 0 Å². The number of nitrogens with one attached hydrogen (secondary N) is 1. The highest BCUT2D eigenvalue weighted by atomic mass is 19.3. The monoisotopic (exact) mass is 234 g/mol. The van der Waals surface area contributed by atoms with Crippen LogP contribution in [0.1, 0.15) is 18.7 Å². The van der Waals surface area contributed by atoms with Crippen LogP contribution < -0.4 is 5.32 Å². The molecule has 0 radical (unpaired) electrons. The van der Waals surface area contributed by atoms with Crippen molar-refractivity contribution >= 4 is 0 Å². The van der Waals surface area contributed by atoms with Crippen LogP contribution in [0.4, 0.5) is 13.2 Å². The molecule has 0 bridgehead atoms. The molecule has 6 heteroatoms. The molecule has 0 saturated carbocycles. The smallest absolute Gasteiger partial charge is 0.282 e. The number of alkyl halides is 2. The van der Waals surface area contributed by atoms with Crippen molar-refractivity contribution in [2.75, 3.05) is 13.2 Å². The summed E-state index contributed by atoms with van der Waals surface area (Å²) in [6.45, 7) is -0.221. The van der Waals surface area contributed by atoms with Crippen LogP contribution >= 0.6 is 0 Å². The maximum absolute atomic E-state index is 12.7. The van der Waals surface area contributed by atoms with Crippen molar-refractivity contribution in [3.63, 3.8) is 0 Å². The molecule has 90 valence electrons. The van der Waals surface area contributed by atoms with Gasteiger partial charge in [-0.3, -0.25) is 4.98 Å². The lowest BCUT2D eigenvalue weighted by molar-refractivity contribution is -0.0491. The third-order valence-corrected chi connectivity index (χ3v) is 2.09. The highest BCUT2D eigenvalue weighted by Gasteiger charge is 2.28. The van der Waals surface area contributed by atoms with Gasteiger partial charge in [0.25, 0.3) is 5.92 Å². The molecule has 0 spiro atoms. The Kier molecular flexibility index (Phi) is 4.26. The van der Waals surface area contributed by atoms with Gasteiger partial charge >= 0.3 is 0 Å². The minimum Gasteiger partial charge on any atom is -0.390 e. The van der Waals surface area contributed by atoms with Crippen LogP contribution in [0.25, 0.3) is 0 Å². The van der Waals surface area contributed by atoms with E-state index in [4.69, 9.17) is 5.11 Å². The molecule has 1 atom stereocenters. The average molecular weight is 234 g/mol. The van der Waals surface area contributed by atoms with Crippen molar-refractivity contribution in [3.05, 3.63) is 29.8 Å². The lowest BCUT2D eigenvalue weighted by atomic mass is 10.2. The molecule has 0 aliphatic heterocycles. The summed E-state index contributed by atoms with van der Waals surface area (Å²) in [7, 11) is 0. The second-order valence-corrected chi connectivity index (χ2v) is 3.52. The van der Waals surface area contributed by atoms with E-state index in [0.717, 1.165) is 6.20 Å². The molecular formula is C10H13F3N2O. The van der Waals surface area contributed by atoms with Crippen LogP contribution in [-0.2, 0) is 0 Å². The Balaban J connectivity index is 2.53.